The number of hydrogen-bond acceptors (Lipinski definition) is 4. The van der Waals surface area contributed by atoms with Crippen molar-refractivity contribution >= 4 is 5.69 Å². The molecule has 0 radical (unpaired) electrons. The summed E-state index contributed by atoms with van der Waals surface area (Å²) in [7, 11) is 1.01. The fourth-order valence-corrected chi connectivity index (χ4v) is 0.880. The lowest BCUT2D eigenvalue weighted by molar-refractivity contribution is -0.386. The van der Waals surface area contributed by atoms with Gasteiger partial charge in [0, 0.05) is 6.07 Å². The zero-order chi connectivity index (χ0) is 11.6. The minimum absolute atomic E-state index is 0.528. The molecule has 8 heteroatoms. The molecule has 0 amide bonds. The molecule has 0 unspecified atom stereocenters. The predicted octanol–water partition coefficient (Wildman–Crippen LogP) is 2.02. The van der Waals surface area contributed by atoms with E-state index < -0.39 is 28.4 Å². The molecular weight excluding hydrogens is 217 g/mol. The predicted molar refractivity (Wildman–Crippen MR) is 42.4 cm³/mol. The topological polar surface area (TPSA) is 65.3 Å². The number of aromatic nitrogens is 1. The molecule has 1 rings (SSSR count). The van der Waals surface area contributed by atoms with Gasteiger partial charge in [0.1, 0.15) is 5.69 Å². The monoisotopic (exact) mass is 222 g/mol. The third-order valence-electron chi connectivity index (χ3n) is 1.52. The maximum Gasteiger partial charge on any atom is 0.433 e. The van der Waals surface area contributed by atoms with Gasteiger partial charge in [0.25, 0.3) is 5.88 Å². The molecule has 1 aromatic rings. The largest absolute Gasteiger partial charge is 0.476 e. The van der Waals surface area contributed by atoms with Gasteiger partial charge in [0.15, 0.2) is 0 Å². The first-order valence-corrected chi connectivity index (χ1v) is 3.63. The summed E-state index contributed by atoms with van der Waals surface area (Å²) >= 11 is 0. The van der Waals surface area contributed by atoms with Crippen molar-refractivity contribution in [1.82, 2.24) is 4.98 Å². The number of nitrogens with zero attached hydrogens (tertiary/aromatic N) is 2. The summed E-state index contributed by atoms with van der Waals surface area (Å²) in [6.07, 6.45) is -4.65. The van der Waals surface area contributed by atoms with Gasteiger partial charge in [-0.05, 0) is 6.07 Å². The summed E-state index contributed by atoms with van der Waals surface area (Å²) in [4.78, 5) is 12.5. The Morgan fingerprint density at radius 3 is 2.47 bits per heavy atom. The third kappa shape index (κ3) is 2.33. The van der Waals surface area contributed by atoms with Gasteiger partial charge in [-0.1, -0.05) is 0 Å². The van der Waals surface area contributed by atoms with Gasteiger partial charge in [-0.3, -0.25) is 10.1 Å². The average Bonchev–Trinajstić information content (AvgIpc) is 2.15. The lowest BCUT2D eigenvalue weighted by atomic mass is 10.3. The van der Waals surface area contributed by atoms with Crippen LogP contribution in [0.5, 0.6) is 5.88 Å². The van der Waals surface area contributed by atoms with E-state index in [4.69, 9.17) is 0 Å². The Labute approximate surface area is 81.6 Å². The van der Waals surface area contributed by atoms with Crippen molar-refractivity contribution in [1.29, 1.82) is 0 Å². The van der Waals surface area contributed by atoms with Gasteiger partial charge < -0.3 is 4.74 Å². The first-order chi connectivity index (χ1) is 6.86. The molecule has 0 aromatic carbocycles. The Morgan fingerprint density at radius 2 is 2.07 bits per heavy atom. The first-order valence-electron chi connectivity index (χ1n) is 3.63. The van der Waals surface area contributed by atoms with E-state index in [0.717, 1.165) is 7.11 Å². The highest BCUT2D eigenvalue weighted by Crippen LogP contribution is 2.32. The maximum atomic E-state index is 12.1. The minimum atomic E-state index is -4.65. The second-order valence-electron chi connectivity index (χ2n) is 2.48. The molecule has 0 fully saturated rings. The lowest BCUT2D eigenvalue weighted by Gasteiger charge is -2.06. The minimum Gasteiger partial charge on any atom is -0.476 e. The van der Waals surface area contributed by atoms with E-state index in [1.165, 1.54) is 0 Å². The summed E-state index contributed by atoms with van der Waals surface area (Å²) in [5, 5.41) is 10.3. The highest BCUT2D eigenvalue weighted by Gasteiger charge is 2.34. The van der Waals surface area contributed by atoms with Gasteiger partial charge in [-0.25, -0.2) is 4.98 Å². The standard InChI is InChI=1S/C7H5F3N2O3/c1-15-6-4(12(13)14)2-3-5(11-6)7(8,9)10/h2-3H,1H3. The summed E-state index contributed by atoms with van der Waals surface area (Å²) < 4.78 is 40.8. The molecule has 0 aliphatic heterocycles. The molecule has 1 aromatic heterocycles. The maximum absolute atomic E-state index is 12.1. The van der Waals surface area contributed by atoms with Gasteiger partial charge >= 0.3 is 11.9 Å². The van der Waals surface area contributed by atoms with Crippen molar-refractivity contribution in [2.45, 2.75) is 6.18 Å². The molecule has 0 N–H and O–H groups in total. The molecule has 0 saturated heterocycles. The number of ether oxygens (including phenoxy) is 1. The van der Waals surface area contributed by atoms with E-state index >= 15 is 0 Å². The van der Waals surface area contributed by atoms with Crippen LogP contribution >= 0.6 is 0 Å². The molecular formula is C7H5F3N2O3. The molecule has 0 spiro atoms. The summed E-state index contributed by atoms with van der Waals surface area (Å²) in [6, 6.07) is 1.23. The highest BCUT2D eigenvalue weighted by molar-refractivity contribution is 5.41. The molecule has 1 heterocycles. The van der Waals surface area contributed by atoms with Crippen molar-refractivity contribution in [3.63, 3.8) is 0 Å². The molecule has 0 saturated carbocycles. The second-order valence-corrected chi connectivity index (χ2v) is 2.48. The van der Waals surface area contributed by atoms with Crippen LogP contribution in [-0.2, 0) is 6.18 Å². The van der Waals surface area contributed by atoms with E-state index in [1.54, 1.807) is 0 Å². The number of alkyl halides is 3. The summed E-state index contributed by atoms with van der Waals surface area (Å²) in [6.45, 7) is 0. The van der Waals surface area contributed by atoms with E-state index in [2.05, 4.69) is 9.72 Å². The summed E-state index contributed by atoms with van der Waals surface area (Å²) in [5.74, 6) is -0.658. The van der Waals surface area contributed by atoms with Crippen molar-refractivity contribution in [2.24, 2.45) is 0 Å². The molecule has 0 aliphatic carbocycles. The Bertz CT molecular complexity index is 392. The second kappa shape index (κ2) is 3.71. The molecule has 0 aliphatic rings. The van der Waals surface area contributed by atoms with Crippen LogP contribution in [0.15, 0.2) is 12.1 Å². The van der Waals surface area contributed by atoms with Crippen molar-refractivity contribution in [3.05, 3.63) is 27.9 Å². The highest BCUT2D eigenvalue weighted by atomic mass is 19.4. The van der Waals surface area contributed by atoms with E-state index in [0.29, 0.717) is 12.1 Å². The molecule has 15 heavy (non-hydrogen) atoms. The Balaban J connectivity index is 3.25. The van der Waals surface area contributed by atoms with Crippen molar-refractivity contribution in [3.8, 4) is 5.88 Å². The van der Waals surface area contributed by atoms with Crippen LogP contribution in [0.25, 0.3) is 0 Å². The van der Waals surface area contributed by atoms with Crippen LogP contribution in [0.1, 0.15) is 5.69 Å². The van der Waals surface area contributed by atoms with E-state index in [1.807, 2.05) is 0 Å². The smallest absolute Gasteiger partial charge is 0.433 e. The van der Waals surface area contributed by atoms with Crippen LogP contribution in [0.2, 0.25) is 0 Å². The number of pyridine rings is 1. The van der Waals surface area contributed by atoms with Crippen LogP contribution < -0.4 is 4.74 Å². The zero-order valence-electron chi connectivity index (χ0n) is 7.41. The van der Waals surface area contributed by atoms with E-state index in [-0.39, 0.29) is 0 Å². The molecule has 82 valence electrons. The number of hydrogen-bond donors (Lipinski definition) is 0. The SMILES string of the molecule is COc1nc(C(F)(F)F)ccc1[N+](=O)[O-]. The van der Waals surface area contributed by atoms with Crippen molar-refractivity contribution < 1.29 is 22.8 Å². The fraction of sp³-hybridized carbons (Fsp3) is 0.286. The van der Waals surface area contributed by atoms with Gasteiger partial charge in [-0.15, -0.1) is 0 Å². The summed E-state index contributed by atoms with van der Waals surface area (Å²) in [5.41, 5.74) is -1.84. The van der Waals surface area contributed by atoms with Crippen LogP contribution in [0, 0.1) is 10.1 Å². The van der Waals surface area contributed by atoms with Gasteiger partial charge in [0.05, 0.1) is 12.0 Å². The normalized spacial score (nSPS) is 11.2. The van der Waals surface area contributed by atoms with Crippen LogP contribution in [0.3, 0.4) is 0 Å². The Morgan fingerprint density at radius 1 is 1.47 bits per heavy atom. The Kier molecular flexibility index (Phi) is 2.78. The van der Waals surface area contributed by atoms with E-state index in [9.17, 15) is 23.3 Å². The van der Waals surface area contributed by atoms with Crippen LogP contribution in [-0.4, -0.2) is 17.0 Å². The molecule has 5 nitrogen and oxygen atoms in total. The third-order valence-corrected chi connectivity index (χ3v) is 1.52. The number of methoxy groups -OCH3 is 1. The lowest BCUT2D eigenvalue weighted by Crippen LogP contribution is -2.09. The quantitative estimate of drug-likeness (QED) is 0.567. The number of rotatable bonds is 2. The zero-order valence-corrected chi connectivity index (χ0v) is 7.41. The van der Waals surface area contributed by atoms with Gasteiger partial charge in [0.2, 0.25) is 0 Å². The average molecular weight is 222 g/mol. The number of nitro groups is 1. The first kappa shape index (κ1) is 11.2. The van der Waals surface area contributed by atoms with Gasteiger partial charge in [-0.2, -0.15) is 13.2 Å². The Hall–Kier alpha value is -1.86. The molecule has 0 atom stereocenters. The number of halogens is 3. The fourth-order valence-electron chi connectivity index (χ4n) is 0.880. The molecule has 0 bridgehead atoms. The van der Waals surface area contributed by atoms with Crippen molar-refractivity contribution in [2.75, 3.05) is 7.11 Å². The van der Waals surface area contributed by atoms with Crippen LogP contribution in [0.4, 0.5) is 18.9 Å².